The molecule has 0 aliphatic carbocycles. The van der Waals surface area contributed by atoms with Gasteiger partial charge in [-0.25, -0.2) is 4.79 Å². The van der Waals surface area contributed by atoms with Crippen LogP contribution in [0.2, 0.25) is 0 Å². The van der Waals surface area contributed by atoms with E-state index in [1.54, 1.807) is 13.8 Å². The summed E-state index contributed by atoms with van der Waals surface area (Å²) in [6.07, 6.45) is -3.86. The summed E-state index contributed by atoms with van der Waals surface area (Å²) in [6, 6.07) is -6.79. The van der Waals surface area contributed by atoms with Crippen LogP contribution in [0.1, 0.15) is 90.5 Å². The molecule has 0 bridgehead atoms. The molecular weight excluding hydrogens is 911 g/mol. The van der Waals surface area contributed by atoms with E-state index in [-0.39, 0.29) is 50.4 Å². The van der Waals surface area contributed by atoms with Gasteiger partial charge in [0.25, 0.3) is 0 Å². The lowest BCUT2D eigenvalue weighted by Crippen LogP contribution is -2.61. The van der Waals surface area contributed by atoms with Crippen molar-refractivity contribution >= 4 is 65.1 Å². The highest BCUT2D eigenvalue weighted by molar-refractivity contribution is 5.99. The largest absolute Gasteiger partial charge is 0.508 e. The summed E-state index contributed by atoms with van der Waals surface area (Å²) < 4.78 is 0. The number of hydrogen-bond donors (Lipinski definition) is 14. The molecule has 1 heterocycles. The molecule has 26 nitrogen and oxygen atoms in total. The minimum atomic E-state index is -1.78. The van der Waals surface area contributed by atoms with E-state index in [0.717, 1.165) is 6.92 Å². The standard InChI is InChI=1S/C43H67N11O15/c1-21(2)34(47)42(67)54-18-6-8-30(54)41(66)52-29(20-32(46)58)40(65)50-27(14-16-33(59)60)37(62)51-28(19-23-9-11-24(56)12-10-23)39(64)49-26(13-15-31(45)57)36(61)48-25(7-4-5-17-44)38(63)53-35(22(3)55)43(68)69/h9-12,21-22,25-30,34-35,55-56H,4-8,13-20,44,47H2,1-3H3,(H2,45,57)(H2,46,58)(H,48,61)(H,49,64)(H,50,65)(H,51,62)(H,52,66)(H,53,63)(H,59,60)(H,68,69)/t22-,25+,26+,27+,28+,29+,30+,34+,35+/m1/s1. The molecule has 1 aliphatic rings. The summed E-state index contributed by atoms with van der Waals surface area (Å²) >= 11 is 0. The molecule has 0 aromatic heterocycles. The van der Waals surface area contributed by atoms with Crippen LogP contribution in [0.5, 0.6) is 5.75 Å². The average Bonchev–Trinajstić information content (AvgIpc) is 3.77. The molecule has 1 fully saturated rings. The molecule has 0 saturated carbocycles. The fourth-order valence-corrected chi connectivity index (χ4v) is 7.12. The minimum absolute atomic E-state index is 0.0872. The van der Waals surface area contributed by atoms with Gasteiger partial charge in [-0.05, 0) is 82.0 Å². The van der Waals surface area contributed by atoms with Gasteiger partial charge in [-0.3, -0.25) is 47.9 Å². The molecule has 9 amide bonds. The molecule has 1 aromatic rings. The Morgan fingerprint density at radius 3 is 1.68 bits per heavy atom. The number of hydrogen-bond acceptors (Lipinski definition) is 15. The Bertz CT molecular complexity index is 2000. The second-order valence-corrected chi connectivity index (χ2v) is 17.1. The van der Waals surface area contributed by atoms with Crippen LogP contribution in [0, 0.1) is 5.92 Å². The molecule has 18 N–H and O–H groups in total. The van der Waals surface area contributed by atoms with Crippen LogP contribution in [0.15, 0.2) is 24.3 Å². The topological polar surface area (TPSA) is 448 Å². The van der Waals surface area contributed by atoms with Crippen molar-refractivity contribution in [2.24, 2.45) is 28.9 Å². The smallest absolute Gasteiger partial charge is 0.328 e. The molecule has 26 heteroatoms. The molecule has 9 atom stereocenters. The van der Waals surface area contributed by atoms with Gasteiger partial charge in [-0.1, -0.05) is 26.0 Å². The number of carbonyl (C=O) groups excluding carboxylic acids is 9. The number of carbonyl (C=O) groups is 11. The number of rotatable bonds is 30. The summed E-state index contributed by atoms with van der Waals surface area (Å²) in [4.78, 5) is 145. The summed E-state index contributed by atoms with van der Waals surface area (Å²) in [5, 5.41) is 53.0. The van der Waals surface area contributed by atoms with Gasteiger partial charge in [-0.15, -0.1) is 0 Å². The molecule has 2 rings (SSSR count). The minimum Gasteiger partial charge on any atom is -0.508 e. The summed E-state index contributed by atoms with van der Waals surface area (Å²) in [5.74, 6) is -12.2. The predicted molar refractivity (Wildman–Crippen MR) is 242 cm³/mol. The third-order valence-electron chi connectivity index (χ3n) is 11.1. The fraction of sp³-hybridized carbons (Fsp3) is 0.605. The Morgan fingerprint density at radius 1 is 0.681 bits per heavy atom. The van der Waals surface area contributed by atoms with Gasteiger partial charge in [0.2, 0.25) is 53.2 Å². The highest BCUT2D eigenvalue weighted by Crippen LogP contribution is 2.20. The van der Waals surface area contributed by atoms with Crippen molar-refractivity contribution in [3.8, 4) is 5.75 Å². The van der Waals surface area contributed by atoms with Crippen LogP contribution in [0.4, 0.5) is 0 Å². The van der Waals surface area contributed by atoms with E-state index in [4.69, 9.17) is 22.9 Å². The molecule has 1 aromatic carbocycles. The maximum Gasteiger partial charge on any atom is 0.328 e. The van der Waals surface area contributed by atoms with Gasteiger partial charge in [-0.2, -0.15) is 0 Å². The first kappa shape index (κ1) is 58.2. The number of carboxylic acid groups (broad SMARTS) is 2. The first-order valence-electron chi connectivity index (χ1n) is 22.4. The lowest BCUT2D eigenvalue weighted by Gasteiger charge is -2.30. The van der Waals surface area contributed by atoms with Gasteiger partial charge in [0.05, 0.1) is 18.6 Å². The van der Waals surface area contributed by atoms with Crippen molar-refractivity contribution in [1.82, 2.24) is 36.8 Å². The summed E-state index contributed by atoms with van der Waals surface area (Å²) in [7, 11) is 0. The number of phenolic OH excluding ortho intramolecular Hbond substituents is 1. The monoisotopic (exact) mass is 977 g/mol. The van der Waals surface area contributed by atoms with E-state index in [1.165, 1.54) is 29.2 Å². The molecule has 0 radical (unpaired) electrons. The number of aliphatic hydroxyl groups excluding tert-OH is 1. The van der Waals surface area contributed by atoms with Crippen LogP contribution in [0.3, 0.4) is 0 Å². The van der Waals surface area contributed by atoms with Gasteiger partial charge < -0.3 is 80.2 Å². The normalized spacial score (nSPS) is 16.8. The van der Waals surface area contributed by atoms with Crippen molar-refractivity contribution in [3.05, 3.63) is 29.8 Å². The van der Waals surface area contributed by atoms with E-state index >= 15 is 0 Å². The number of aliphatic hydroxyl groups is 1. The number of nitrogens with two attached hydrogens (primary N) is 4. The lowest BCUT2D eigenvalue weighted by molar-refractivity contribution is -0.145. The Hall–Kier alpha value is -6.93. The fourth-order valence-electron chi connectivity index (χ4n) is 7.12. The van der Waals surface area contributed by atoms with Gasteiger partial charge in [0.1, 0.15) is 42.0 Å². The number of phenols is 1. The van der Waals surface area contributed by atoms with Gasteiger partial charge >= 0.3 is 11.9 Å². The zero-order valence-corrected chi connectivity index (χ0v) is 38.8. The number of primary amides is 2. The molecule has 69 heavy (non-hydrogen) atoms. The zero-order chi connectivity index (χ0) is 52.1. The molecule has 0 unspecified atom stereocenters. The second-order valence-electron chi connectivity index (χ2n) is 17.1. The van der Waals surface area contributed by atoms with Crippen LogP contribution in [-0.2, 0) is 59.2 Å². The van der Waals surface area contributed by atoms with Crippen molar-refractivity contribution in [2.45, 2.75) is 146 Å². The SMILES string of the molecule is CC(C)[C@H](N)C(=O)N1CCC[C@H]1C(=O)N[C@@H](CC(N)=O)C(=O)N[C@@H](CCC(=O)O)C(=O)N[C@@H](Cc1ccc(O)cc1)C(=O)N[C@@H](CCC(N)=O)C(=O)N[C@@H](CCCCN)C(=O)N[C@H](C(=O)O)[C@@H](C)O. The Morgan fingerprint density at radius 2 is 1.19 bits per heavy atom. The maximum absolute atomic E-state index is 14.2. The average molecular weight is 978 g/mol. The molecular formula is C43H67N11O15. The van der Waals surface area contributed by atoms with Crippen molar-refractivity contribution in [2.75, 3.05) is 13.1 Å². The number of benzene rings is 1. The number of likely N-dealkylation sites (tertiary alicyclic amines) is 1. The van der Waals surface area contributed by atoms with Crippen LogP contribution >= 0.6 is 0 Å². The number of unbranched alkanes of at least 4 members (excludes halogenated alkanes) is 1. The molecule has 1 saturated heterocycles. The van der Waals surface area contributed by atoms with E-state index in [9.17, 15) is 73.2 Å². The van der Waals surface area contributed by atoms with Crippen LogP contribution < -0.4 is 54.8 Å². The lowest BCUT2D eigenvalue weighted by atomic mass is 10.0. The van der Waals surface area contributed by atoms with Gasteiger partial charge in [0, 0.05) is 25.8 Å². The van der Waals surface area contributed by atoms with Crippen molar-refractivity contribution in [3.63, 3.8) is 0 Å². The number of carboxylic acids is 2. The first-order valence-corrected chi connectivity index (χ1v) is 22.4. The first-order chi connectivity index (χ1) is 32.4. The van der Waals surface area contributed by atoms with Crippen LogP contribution in [0.25, 0.3) is 0 Å². The molecule has 1 aliphatic heterocycles. The van der Waals surface area contributed by atoms with E-state index in [1.807, 2.05) is 0 Å². The highest BCUT2D eigenvalue weighted by Gasteiger charge is 2.40. The van der Waals surface area contributed by atoms with E-state index in [0.29, 0.717) is 18.4 Å². The number of nitrogens with zero attached hydrogens (tertiary/aromatic N) is 1. The Labute approximate surface area is 397 Å². The third-order valence-corrected chi connectivity index (χ3v) is 11.1. The molecule has 0 spiro atoms. The number of nitrogens with one attached hydrogen (secondary N) is 6. The van der Waals surface area contributed by atoms with E-state index < -0.39 is 152 Å². The highest BCUT2D eigenvalue weighted by atomic mass is 16.4. The maximum atomic E-state index is 14.2. The zero-order valence-electron chi connectivity index (χ0n) is 38.8. The van der Waals surface area contributed by atoms with Crippen molar-refractivity contribution < 1.29 is 73.2 Å². The Kier molecular flexibility index (Phi) is 24.0. The summed E-state index contributed by atoms with van der Waals surface area (Å²) in [5.41, 5.74) is 22.7. The van der Waals surface area contributed by atoms with Gasteiger partial charge in [0.15, 0.2) is 6.04 Å². The third kappa shape index (κ3) is 19.7. The number of aromatic hydroxyl groups is 1. The van der Waals surface area contributed by atoms with Crippen LogP contribution in [-0.4, -0.2) is 158 Å². The summed E-state index contributed by atoms with van der Waals surface area (Å²) in [6.45, 7) is 4.94. The second kappa shape index (κ2) is 28.4. The van der Waals surface area contributed by atoms with E-state index in [2.05, 4.69) is 31.9 Å². The Balaban J connectivity index is 2.50. The molecule has 384 valence electrons. The number of amides is 9. The quantitative estimate of drug-likeness (QED) is 0.0323. The number of aliphatic carboxylic acids is 2. The predicted octanol–water partition coefficient (Wildman–Crippen LogP) is -4.58. The van der Waals surface area contributed by atoms with Crippen molar-refractivity contribution in [1.29, 1.82) is 0 Å².